The molecule has 0 amide bonds. The van der Waals surface area contributed by atoms with Crippen LogP contribution in [-0.4, -0.2) is 37.2 Å². The highest BCUT2D eigenvalue weighted by Crippen LogP contribution is 2.17. The van der Waals surface area contributed by atoms with Crippen LogP contribution in [0.15, 0.2) is 0 Å². The van der Waals surface area contributed by atoms with E-state index in [1.807, 2.05) is 0 Å². The van der Waals surface area contributed by atoms with E-state index in [1.54, 1.807) is 0 Å². The zero-order chi connectivity index (χ0) is 39.7. The zero-order valence-electron chi connectivity index (χ0n) is 36.8. The Morgan fingerprint density at radius 2 is 0.704 bits per heavy atom. The molecule has 0 fully saturated rings. The fourth-order valence-electron chi connectivity index (χ4n) is 7.07. The molecule has 0 spiro atoms. The highest BCUT2D eigenvalue weighted by atomic mass is 16.6. The van der Waals surface area contributed by atoms with Gasteiger partial charge >= 0.3 is 17.9 Å². The van der Waals surface area contributed by atoms with Gasteiger partial charge in [0.25, 0.3) is 0 Å². The lowest BCUT2D eigenvalue weighted by molar-refractivity contribution is -0.167. The van der Waals surface area contributed by atoms with Crippen LogP contribution >= 0.6 is 0 Å². The number of hydrogen-bond acceptors (Lipinski definition) is 6. The van der Waals surface area contributed by atoms with E-state index in [0.717, 1.165) is 69.6 Å². The Morgan fingerprint density at radius 3 is 1.06 bits per heavy atom. The number of ether oxygens (including phenoxy) is 3. The highest BCUT2D eigenvalue weighted by Gasteiger charge is 2.19. The molecule has 6 heteroatoms. The van der Waals surface area contributed by atoms with Gasteiger partial charge in [0, 0.05) is 19.3 Å². The van der Waals surface area contributed by atoms with Crippen molar-refractivity contribution in [2.75, 3.05) is 13.2 Å². The predicted molar refractivity (Wildman–Crippen MR) is 229 cm³/mol. The second kappa shape index (κ2) is 41.1. The topological polar surface area (TPSA) is 78.9 Å². The van der Waals surface area contributed by atoms with Crippen LogP contribution in [0.5, 0.6) is 0 Å². The maximum absolute atomic E-state index is 12.7. The van der Waals surface area contributed by atoms with Gasteiger partial charge in [-0.2, -0.15) is 0 Å². The van der Waals surface area contributed by atoms with Gasteiger partial charge in [-0.1, -0.05) is 221 Å². The Bertz CT molecular complexity index is 826. The average Bonchev–Trinajstić information content (AvgIpc) is 3.15. The van der Waals surface area contributed by atoms with E-state index < -0.39 is 6.10 Å². The molecule has 0 aromatic rings. The summed E-state index contributed by atoms with van der Waals surface area (Å²) in [4.78, 5) is 37.7. The minimum absolute atomic E-state index is 0.0652. The third-order valence-corrected chi connectivity index (χ3v) is 11.1. The molecule has 1 unspecified atom stereocenters. The third-order valence-electron chi connectivity index (χ3n) is 11.1. The molecule has 0 saturated carbocycles. The summed E-state index contributed by atoms with van der Waals surface area (Å²) >= 11 is 0. The lowest BCUT2D eigenvalue weighted by atomic mass is 9.99. The molecule has 0 radical (unpaired) electrons. The van der Waals surface area contributed by atoms with Crippen molar-refractivity contribution in [2.24, 2.45) is 11.8 Å². The third kappa shape index (κ3) is 40.1. The van der Waals surface area contributed by atoms with Gasteiger partial charge in [0.1, 0.15) is 13.2 Å². The summed E-state index contributed by atoms with van der Waals surface area (Å²) in [5.74, 6) is 0.772. The summed E-state index contributed by atoms with van der Waals surface area (Å²) in [7, 11) is 0. The molecule has 0 heterocycles. The van der Waals surface area contributed by atoms with Crippen molar-refractivity contribution < 1.29 is 28.6 Å². The Morgan fingerprint density at radius 1 is 0.389 bits per heavy atom. The Hall–Kier alpha value is -1.59. The number of carbonyl (C=O) groups is 3. The molecule has 0 aliphatic carbocycles. The van der Waals surface area contributed by atoms with Crippen LogP contribution in [0.1, 0.15) is 259 Å². The van der Waals surface area contributed by atoms with Gasteiger partial charge in [0.2, 0.25) is 0 Å². The number of rotatable bonds is 42. The van der Waals surface area contributed by atoms with E-state index in [-0.39, 0.29) is 31.1 Å². The van der Waals surface area contributed by atoms with E-state index >= 15 is 0 Å². The van der Waals surface area contributed by atoms with Crippen LogP contribution in [0.3, 0.4) is 0 Å². The molecule has 0 aliphatic heterocycles. The van der Waals surface area contributed by atoms with E-state index in [4.69, 9.17) is 14.2 Å². The van der Waals surface area contributed by atoms with E-state index in [2.05, 4.69) is 34.6 Å². The summed E-state index contributed by atoms with van der Waals surface area (Å²) in [5, 5.41) is 0. The van der Waals surface area contributed by atoms with Crippen LogP contribution in [-0.2, 0) is 28.6 Å². The maximum atomic E-state index is 12.7. The first kappa shape index (κ1) is 52.4. The minimum atomic E-state index is -0.761. The second-order valence-corrected chi connectivity index (χ2v) is 17.1. The molecule has 2 atom stereocenters. The SMILES string of the molecule is CCCCCCCCCCCCCCCC(=O)OC[C@H](COC(=O)CCCCCCCCC(C)C)OC(=O)CCCCCCCCCCCCC(C)CC. The van der Waals surface area contributed by atoms with Crippen molar-refractivity contribution in [3.05, 3.63) is 0 Å². The van der Waals surface area contributed by atoms with Crippen molar-refractivity contribution in [3.63, 3.8) is 0 Å². The molecule has 0 bridgehead atoms. The first-order valence-electron chi connectivity index (χ1n) is 23.8. The smallest absolute Gasteiger partial charge is 0.306 e. The lowest BCUT2D eigenvalue weighted by Crippen LogP contribution is -2.30. The van der Waals surface area contributed by atoms with E-state index in [9.17, 15) is 14.4 Å². The molecule has 6 nitrogen and oxygen atoms in total. The summed E-state index contributed by atoms with van der Waals surface area (Å²) in [6.07, 6.45) is 39.5. The fourth-order valence-corrected chi connectivity index (χ4v) is 7.07. The predicted octanol–water partition coefficient (Wildman–Crippen LogP) is 15.0. The van der Waals surface area contributed by atoms with Crippen molar-refractivity contribution in [1.29, 1.82) is 0 Å². The Balaban J connectivity index is 4.32. The molecule has 0 N–H and O–H groups in total. The molecular formula is C48H92O6. The summed E-state index contributed by atoms with van der Waals surface area (Å²) in [6.45, 7) is 11.3. The molecular weight excluding hydrogens is 673 g/mol. The van der Waals surface area contributed by atoms with Crippen molar-refractivity contribution in [2.45, 2.75) is 265 Å². The number of esters is 3. The first-order chi connectivity index (χ1) is 26.3. The van der Waals surface area contributed by atoms with Gasteiger partial charge in [-0.25, -0.2) is 0 Å². The monoisotopic (exact) mass is 765 g/mol. The van der Waals surface area contributed by atoms with Gasteiger partial charge in [-0.15, -0.1) is 0 Å². The normalized spacial score (nSPS) is 12.6. The van der Waals surface area contributed by atoms with Gasteiger partial charge < -0.3 is 14.2 Å². The molecule has 320 valence electrons. The van der Waals surface area contributed by atoms with Crippen molar-refractivity contribution >= 4 is 17.9 Å². The molecule has 0 rings (SSSR count). The minimum Gasteiger partial charge on any atom is -0.462 e. The number of hydrogen-bond donors (Lipinski definition) is 0. The molecule has 54 heavy (non-hydrogen) atoms. The van der Waals surface area contributed by atoms with Crippen LogP contribution in [0.2, 0.25) is 0 Å². The molecule has 0 aromatic heterocycles. The summed E-state index contributed by atoms with van der Waals surface area (Å²) < 4.78 is 16.7. The van der Waals surface area contributed by atoms with Crippen LogP contribution < -0.4 is 0 Å². The number of unbranched alkanes of at least 4 members (excludes halogenated alkanes) is 26. The van der Waals surface area contributed by atoms with Gasteiger partial charge in [-0.3, -0.25) is 14.4 Å². The van der Waals surface area contributed by atoms with Crippen LogP contribution in [0.25, 0.3) is 0 Å². The second-order valence-electron chi connectivity index (χ2n) is 17.1. The summed E-state index contributed by atoms with van der Waals surface area (Å²) in [6, 6.07) is 0. The highest BCUT2D eigenvalue weighted by molar-refractivity contribution is 5.71. The van der Waals surface area contributed by atoms with Gasteiger partial charge in [-0.05, 0) is 31.1 Å². The quantitative estimate of drug-likeness (QED) is 0.0350. The fraction of sp³-hybridized carbons (Fsp3) is 0.938. The maximum Gasteiger partial charge on any atom is 0.306 e. The van der Waals surface area contributed by atoms with Crippen molar-refractivity contribution in [1.82, 2.24) is 0 Å². The number of carbonyl (C=O) groups excluding carboxylic acids is 3. The standard InChI is InChI=1S/C48H92O6/c1-6-8-9-10-11-12-13-14-15-19-22-28-33-38-46(49)52-41-45(42-53-47(50)39-34-29-25-24-26-31-36-43(3)4)54-48(51)40-35-30-23-20-17-16-18-21-27-32-37-44(5)7-2/h43-45H,6-42H2,1-5H3/t44?,45-/m1/s1. The van der Waals surface area contributed by atoms with Gasteiger partial charge in [0.05, 0.1) is 0 Å². The molecule has 0 aliphatic rings. The average molecular weight is 765 g/mol. The zero-order valence-corrected chi connectivity index (χ0v) is 36.8. The Kier molecular flexibility index (Phi) is 39.8. The lowest BCUT2D eigenvalue weighted by Gasteiger charge is -2.18. The summed E-state index contributed by atoms with van der Waals surface area (Å²) in [5.41, 5.74) is 0. The van der Waals surface area contributed by atoms with Gasteiger partial charge in [0.15, 0.2) is 6.10 Å². The van der Waals surface area contributed by atoms with Crippen LogP contribution in [0, 0.1) is 11.8 Å². The van der Waals surface area contributed by atoms with Crippen LogP contribution in [0.4, 0.5) is 0 Å². The first-order valence-corrected chi connectivity index (χ1v) is 23.8. The van der Waals surface area contributed by atoms with E-state index in [1.165, 1.54) is 148 Å². The van der Waals surface area contributed by atoms with E-state index in [0.29, 0.717) is 19.3 Å². The largest absolute Gasteiger partial charge is 0.462 e. The Labute approximate surface area is 336 Å². The van der Waals surface area contributed by atoms with Crippen molar-refractivity contribution in [3.8, 4) is 0 Å². The molecule has 0 aromatic carbocycles. The molecule has 0 saturated heterocycles.